The molecule has 0 radical (unpaired) electrons. The lowest BCUT2D eigenvalue weighted by Gasteiger charge is -2.19. The predicted molar refractivity (Wildman–Crippen MR) is 103 cm³/mol. The van der Waals surface area contributed by atoms with Crippen LogP contribution in [-0.2, 0) is 16.6 Å². The zero-order valence-corrected chi connectivity index (χ0v) is 16.2. The van der Waals surface area contributed by atoms with Crippen molar-refractivity contribution in [2.75, 3.05) is 7.05 Å². The summed E-state index contributed by atoms with van der Waals surface area (Å²) in [5.74, 6) is 0. The van der Waals surface area contributed by atoms with Crippen molar-refractivity contribution >= 4 is 38.2 Å². The maximum absolute atomic E-state index is 13.1. The first-order valence-electron chi connectivity index (χ1n) is 7.94. The van der Waals surface area contributed by atoms with Gasteiger partial charge in [0.1, 0.15) is 4.90 Å². The molecular formula is C18H16ClN3O4S. The summed E-state index contributed by atoms with van der Waals surface area (Å²) < 4.78 is 27.3. The van der Waals surface area contributed by atoms with Gasteiger partial charge in [-0.15, -0.1) is 0 Å². The number of non-ortho nitro benzene ring substituents is 1. The van der Waals surface area contributed by atoms with Crippen LogP contribution in [0.25, 0.3) is 10.9 Å². The first-order valence-corrected chi connectivity index (χ1v) is 9.76. The number of nitro benzene ring substituents is 1. The molecule has 0 saturated carbocycles. The number of halogens is 1. The Kier molecular flexibility index (Phi) is 5.14. The number of hydrogen-bond donors (Lipinski definition) is 0. The van der Waals surface area contributed by atoms with E-state index in [0.29, 0.717) is 11.1 Å². The molecule has 0 amide bonds. The third kappa shape index (κ3) is 3.78. The fourth-order valence-electron chi connectivity index (χ4n) is 2.74. The van der Waals surface area contributed by atoms with Gasteiger partial charge in [0.05, 0.1) is 10.4 Å². The second-order valence-electron chi connectivity index (χ2n) is 6.13. The summed E-state index contributed by atoms with van der Waals surface area (Å²) in [5, 5.41) is 11.9. The number of benzene rings is 2. The Morgan fingerprint density at radius 1 is 1.22 bits per heavy atom. The average Bonchev–Trinajstić information content (AvgIpc) is 2.62. The van der Waals surface area contributed by atoms with Crippen LogP contribution < -0.4 is 0 Å². The molecule has 140 valence electrons. The highest BCUT2D eigenvalue weighted by molar-refractivity contribution is 7.89. The molecule has 1 heterocycles. The normalized spacial score (nSPS) is 11.9. The fourth-order valence-corrected chi connectivity index (χ4v) is 4.23. The average molecular weight is 406 g/mol. The third-order valence-corrected chi connectivity index (χ3v) is 6.34. The molecule has 1 aromatic heterocycles. The Labute approximate surface area is 161 Å². The van der Waals surface area contributed by atoms with Crippen molar-refractivity contribution in [2.45, 2.75) is 18.4 Å². The third-order valence-electron chi connectivity index (χ3n) is 4.13. The minimum atomic E-state index is -3.88. The molecule has 7 nitrogen and oxygen atoms in total. The Bertz CT molecular complexity index is 1150. The van der Waals surface area contributed by atoms with Crippen LogP contribution >= 0.6 is 11.6 Å². The van der Waals surface area contributed by atoms with Crippen LogP contribution in [0.15, 0.2) is 53.6 Å². The van der Waals surface area contributed by atoms with Crippen molar-refractivity contribution in [1.82, 2.24) is 9.29 Å². The predicted octanol–water partition coefficient (Wildman–Crippen LogP) is 3.93. The molecule has 3 rings (SSSR count). The molecule has 0 aliphatic carbocycles. The van der Waals surface area contributed by atoms with E-state index in [1.807, 2.05) is 13.0 Å². The minimum Gasteiger partial charge on any atom is -0.258 e. The lowest BCUT2D eigenvalue weighted by Crippen LogP contribution is -2.27. The van der Waals surface area contributed by atoms with Gasteiger partial charge >= 0.3 is 0 Å². The number of hydrogen-bond acceptors (Lipinski definition) is 5. The molecular weight excluding hydrogens is 390 g/mol. The number of nitrogens with zero attached hydrogens (tertiary/aromatic N) is 3. The van der Waals surface area contributed by atoms with Crippen LogP contribution in [0.3, 0.4) is 0 Å². The zero-order valence-electron chi connectivity index (χ0n) is 14.6. The quantitative estimate of drug-likeness (QED) is 0.473. The van der Waals surface area contributed by atoms with Gasteiger partial charge in [-0.1, -0.05) is 23.7 Å². The van der Waals surface area contributed by atoms with Gasteiger partial charge in [-0.3, -0.25) is 15.1 Å². The lowest BCUT2D eigenvalue weighted by molar-refractivity contribution is -0.384. The second-order valence-corrected chi connectivity index (χ2v) is 8.55. The summed E-state index contributed by atoms with van der Waals surface area (Å²) in [6.45, 7) is 1.77. The number of para-hydroxylation sites is 1. The highest BCUT2D eigenvalue weighted by atomic mass is 35.5. The fraction of sp³-hybridized carbons (Fsp3) is 0.167. The molecule has 0 saturated heterocycles. The van der Waals surface area contributed by atoms with E-state index >= 15 is 0 Å². The van der Waals surface area contributed by atoms with Crippen LogP contribution in [0.5, 0.6) is 0 Å². The monoisotopic (exact) mass is 405 g/mol. The first-order chi connectivity index (χ1) is 12.7. The number of pyridine rings is 1. The van der Waals surface area contributed by atoms with E-state index in [0.717, 1.165) is 15.3 Å². The highest BCUT2D eigenvalue weighted by Crippen LogP contribution is 2.28. The molecule has 2 aromatic carbocycles. The number of aryl methyl sites for hydroxylation is 1. The summed E-state index contributed by atoms with van der Waals surface area (Å²) in [4.78, 5) is 14.8. The van der Waals surface area contributed by atoms with Crippen molar-refractivity contribution in [3.63, 3.8) is 0 Å². The Morgan fingerprint density at radius 2 is 1.96 bits per heavy atom. The van der Waals surface area contributed by atoms with Gasteiger partial charge in [0.15, 0.2) is 0 Å². The van der Waals surface area contributed by atoms with Crippen molar-refractivity contribution in [3.05, 3.63) is 74.9 Å². The van der Waals surface area contributed by atoms with Crippen molar-refractivity contribution in [3.8, 4) is 0 Å². The first kappa shape index (κ1) is 19.2. The molecule has 3 aromatic rings. The number of rotatable bonds is 5. The molecule has 0 spiro atoms. The van der Waals surface area contributed by atoms with E-state index in [2.05, 4.69) is 4.98 Å². The molecule has 0 atom stereocenters. The molecule has 0 aliphatic rings. The maximum Gasteiger partial charge on any atom is 0.269 e. The number of aromatic nitrogens is 1. The summed E-state index contributed by atoms with van der Waals surface area (Å²) >= 11 is 6.10. The van der Waals surface area contributed by atoms with E-state index in [1.165, 1.54) is 31.3 Å². The van der Waals surface area contributed by atoms with Crippen LogP contribution in [0, 0.1) is 17.0 Å². The van der Waals surface area contributed by atoms with Crippen molar-refractivity contribution in [2.24, 2.45) is 0 Å². The van der Waals surface area contributed by atoms with Crippen LogP contribution in [0.4, 0.5) is 5.69 Å². The van der Waals surface area contributed by atoms with Gasteiger partial charge < -0.3 is 0 Å². The van der Waals surface area contributed by atoms with Gasteiger partial charge in [-0.05, 0) is 36.2 Å². The summed E-state index contributed by atoms with van der Waals surface area (Å²) in [7, 11) is -2.48. The molecule has 0 bridgehead atoms. The number of sulfonamides is 1. The second kappa shape index (κ2) is 7.22. The van der Waals surface area contributed by atoms with Crippen LogP contribution in [-0.4, -0.2) is 29.7 Å². The van der Waals surface area contributed by atoms with E-state index in [4.69, 9.17) is 11.6 Å². The van der Waals surface area contributed by atoms with E-state index < -0.39 is 14.9 Å². The van der Waals surface area contributed by atoms with Crippen LogP contribution in [0.2, 0.25) is 5.02 Å². The molecule has 27 heavy (non-hydrogen) atoms. The van der Waals surface area contributed by atoms with Gasteiger partial charge in [0, 0.05) is 42.3 Å². The van der Waals surface area contributed by atoms with Gasteiger partial charge in [0.2, 0.25) is 10.0 Å². The molecule has 0 fully saturated rings. The van der Waals surface area contributed by atoms with Crippen molar-refractivity contribution in [1.29, 1.82) is 0 Å². The number of nitro groups is 1. The van der Waals surface area contributed by atoms with E-state index in [9.17, 15) is 18.5 Å². The summed E-state index contributed by atoms with van der Waals surface area (Å²) in [6, 6.07) is 10.7. The van der Waals surface area contributed by atoms with E-state index in [1.54, 1.807) is 18.3 Å². The molecule has 0 N–H and O–H groups in total. The van der Waals surface area contributed by atoms with Gasteiger partial charge in [-0.2, -0.15) is 4.31 Å². The Hall–Kier alpha value is -2.55. The lowest BCUT2D eigenvalue weighted by atomic mass is 10.2. The largest absolute Gasteiger partial charge is 0.269 e. The Balaban J connectivity index is 2.01. The topological polar surface area (TPSA) is 93.4 Å². The molecule has 0 unspecified atom stereocenters. The Morgan fingerprint density at radius 3 is 2.67 bits per heavy atom. The smallest absolute Gasteiger partial charge is 0.258 e. The number of fused-ring (bicyclic) bond motifs is 1. The van der Waals surface area contributed by atoms with Crippen molar-refractivity contribution < 1.29 is 13.3 Å². The summed E-state index contributed by atoms with van der Waals surface area (Å²) in [6.07, 6.45) is 1.61. The highest BCUT2D eigenvalue weighted by Gasteiger charge is 2.25. The zero-order chi connectivity index (χ0) is 19.8. The minimum absolute atomic E-state index is 0.0732. The van der Waals surface area contributed by atoms with Gasteiger partial charge in [-0.25, -0.2) is 8.42 Å². The maximum atomic E-state index is 13.1. The summed E-state index contributed by atoms with van der Waals surface area (Å²) in [5.41, 5.74) is 1.50. The standard InChI is InChI=1S/C18H16ClN3O4S/c1-12-8-13-4-3-5-17(18(13)20-10-12)27(25,26)21(2)11-14-9-15(22(23)24)6-7-16(14)19/h3-10H,11H2,1-2H3. The van der Waals surface area contributed by atoms with E-state index in [-0.39, 0.29) is 22.2 Å². The molecule has 0 aliphatic heterocycles. The van der Waals surface area contributed by atoms with Crippen LogP contribution in [0.1, 0.15) is 11.1 Å². The SMILES string of the molecule is Cc1cnc2c(S(=O)(=O)N(C)Cc3cc([N+](=O)[O-])ccc3Cl)cccc2c1. The van der Waals surface area contributed by atoms with Gasteiger partial charge in [0.25, 0.3) is 5.69 Å². The molecule has 9 heteroatoms.